The van der Waals surface area contributed by atoms with Gasteiger partial charge in [-0.25, -0.2) is 0 Å². The lowest BCUT2D eigenvalue weighted by molar-refractivity contribution is 0.0764. The number of amides is 1. The molecule has 6 heteroatoms. The number of hydrogen-bond donors (Lipinski definition) is 1. The maximum absolute atomic E-state index is 13.1. The fraction of sp³-hybridized carbons (Fsp3) is 0.360. The van der Waals surface area contributed by atoms with Crippen LogP contribution in [-0.4, -0.2) is 53.3 Å². The first-order chi connectivity index (χ1) is 15.0. The van der Waals surface area contributed by atoms with Crippen LogP contribution in [0.4, 0.5) is 0 Å². The fourth-order valence-corrected chi connectivity index (χ4v) is 4.17. The van der Waals surface area contributed by atoms with Crippen LogP contribution in [-0.2, 0) is 6.42 Å². The minimum Gasteiger partial charge on any atom is -0.493 e. The summed E-state index contributed by atoms with van der Waals surface area (Å²) in [5.74, 6) is 0.993. The molecule has 1 saturated heterocycles. The molecule has 0 unspecified atom stereocenters. The monoisotopic (exact) mass is 420 g/mol. The number of aliphatic hydroxyl groups excluding tert-OH is 1. The Bertz CT molecular complexity index is 1080. The van der Waals surface area contributed by atoms with Gasteiger partial charge in [0.05, 0.1) is 24.8 Å². The third kappa shape index (κ3) is 4.49. The zero-order valence-electron chi connectivity index (χ0n) is 18.1. The first kappa shape index (κ1) is 21.1. The van der Waals surface area contributed by atoms with Crippen LogP contribution < -0.4 is 9.47 Å². The fourth-order valence-electron chi connectivity index (χ4n) is 4.17. The van der Waals surface area contributed by atoms with Gasteiger partial charge >= 0.3 is 0 Å². The molecule has 2 atom stereocenters. The third-order valence-electron chi connectivity index (χ3n) is 5.69. The van der Waals surface area contributed by atoms with Crippen LogP contribution in [0.25, 0.3) is 10.9 Å². The molecule has 1 fully saturated rings. The van der Waals surface area contributed by atoms with Gasteiger partial charge in [-0.05, 0) is 56.2 Å². The summed E-state index contributed by atoms with van der Waals surface area (Å²) in [5, 5.41) is 11.8. The van der Waals surface area contributed by atoms with Crippen molar-refractivity contribution < 1.29 is 19.4 Å². The molecule has 0 saturated carbocycles. The van der Waals surface area contributed by atoms with Crippen LogP contribution in [0, 0.1) is 5.92 Å². The van der Waals surface area contributed by atoms with Crippen molar-refractivity contribution in [3.05, 3.63) is 65.9 Å². The van der Waals surface area contributed by atoms with Crippen LogP contribution in [0.2, 0.25) is 0 Å². The Morgan fingerprint density at radius 3 is 2.74 bits per heavy atom. The molecule has 3 aromatic rings. The number of hydrogen-bond acceptors (Lipinski definition) is 5. The van der Waals surface area contributed by atoms with Gasteiger partial charge in [0.15, 0.2) is 11.5 Å². The second kappa shape index (κ2) is 8.94. The molecule has 2 aromatic carbocycles. The molecule has 1 aliphatic rings. The molecule has 0 radical (unpaired) electrons. The smallest absolute Gasteiger partial charge is 0.254 e. The van der Waals surface area contributed by atoms with E-state index in [0.717, 1.165) is 16.5 Å². The van der Waals surface area contributed by atoms with E-state index >= 15 is 0 Å². The molecule has 162 valence electrons. The second-order valence-electron chi connectivity index (χ2n) is 8.26. The predicted molar refractivity (Wildman–Crippen MR) is 120 cm³/mol. The molecule has 4 rings (SSSR count). The molecular formula is C25H28N2O4. The molecule has 0 spiro atoms. The van der Waals surface area contributed by atoms with Crippen LogP contribution >= 0.6 is 0 Å². The van der Waals surface area contributed by atoms with Crippen molar-refractivity contribution in [2.45, 2.75) is 32.5 Å². The number of benzene rings is 2. The van der Waals surface area contributed by atoms with Crippen molar-refractivity contribution in [2.75, 3.05) is 20.2 Å². The average Bonchev–Trinajstić information content (AvgIpc) is 3.13. The number of rotatable bonds is 6. The summed E-state index contributed by atoms with van der Waals surface area (Å²) in [6.07, 6.45) is 1.93. The summed E-state index contributed by atoms with van der Waals surface area (Å²) in [7, 11) is 1.56. The number of pyridine rings is 1. The van der Waals surface area contributed by atoms with E-state index in [1.165, 1.54) is 0 Å². The number of fused-ring (bicyclic) bond motifs is 1. The number of carbonyl (C=O) groups is 1. The minimum atomic E-state index is -0.568. The van der Waals surface area contributed by atoms with Crippen molar-refractivity contribution in [1.82, 2.24) is 9.88 Å². The van der Waals surface area contributed by atoms with Gasteiger partial charge in [-0.15, -0.1) is 0 Å². The highest BCUT2D eigenvalue weighted by Crippen LogP contribution is 2.31. The van der Waals surface area contributed by atoms with E-state index in [1.807, 2.05) is 38.1 Å². The van der Waals surface area contributed by atoms with Gasteiger partial charge in [-0.2, -0.15) is 0 Å². The summed E-state index contributed by atoms with van der Waals surface area (Å²) >= 11 is 0. The zero-order valence-corrected chi connectivity index (χ0v) is 18.1. The third-order valence-corrected chi connectivity index (χ3v) is 5.69. The second-order valence-corrected chi connectivity index (χ2v) is 8.26. The lowest BCUT2D eigenvalue weighted by atomic mass is 9.94. The van der Waals surface area contributed by atoms with E-state index < -0.39 is 6.10 Å². The summed E-state index contributed by atoms with van der Waals surface area (Å²) in [6.45, 7) is 4.70. The number of nitrogens with zero attached hydrogens (tertiary/aromatic N) is 2. The highest BCUT2D eigenvalue weighted by atomic mass is 16.5. The first-order valence-electron chi connectivity index (χ1n) is 10.6. The molecule has 1 amide bonds. The Kier molecular flexibility index (Phi) is 6.09. The number of carbonyl (C=O) groups excluding carboxylic acids is 1. The molecule has 31 heavy (non-hydrogen) atoms. The number of aromatic nitrogens is 1. The van der Waals surface area contributed by atoms with Crippen molar-refractivity contribution >= 4 is 16.8 Å². The quantitative estimate of drug-likeness (QED) is 0.658. The van der Waals surface area contributed by atoms with Crippen molar-refractivity contribution in [1.29, 1.82) is 0 Å². The van der Waals surface area contributed by atoms with Gasteiger partial charge in [0, 0.05) is 36.2 Å². The number of likely N-dealkylation sites (tertiary alicyclic amines) is 1. The number of ether oxygens (including phenoxy) is 2. The SMILES string of the molecule is COc1cc(C(=O)N2C[C@@H](Cc3ccnc4ccccc34)[C@@H](O)C2)ccc1OC(C)C. The standard InChI is InChI=1S/C25H28N2O4/c1-16(2)31-23-9-8-18(13-24(23)30-3)25(29)27-14-19(22(28)15-27)12-17-10-11-26-21-7-5-4-6-20(17)21/h4-11,13,16,19,22,28H,12,14-15H2,1-3H3/t19-,22+/m1/s1. The highest BCUT2D eigenvalue weighted by Gasteiger charge is 2.35. The largest absolute Gasteiger partial charge is 0.493 e. The van der Waals surface area contributed by atoms with Crippen LogP contribution in [0.1, 0.15) is 29.8 Å². The molecule has 1 aliphatic heterocycles. The van der Waals surface area contributed by atoms with Crippen molar-refractivity contribution in [3.8, 4) is 11.5 Å². The van der Waals surface area contributed by atoms with E-state index in [1.54, 1.807) is 36.4 Å². The van der Waals surface area contributed by atoms with E-state index in [9.17, 15) is 9.90 Å². The molecule has 2 heterocycles. The minimum absolute atomic E-state index is 0.00852. The lowest BCUT2D eigenvalue weighted by Gasteiger charge is -2.18. The molecule has 6 nitrogen and oxygen atoms in total. The maximum Gasteiger partial charge on any atom is 0.254 e. The molecular weight excluding hydrogens is 392 g/mol. The Balaban J connectivity index is 1.50. The Morgan fingerprint density at radius 2 is 1.97 bits per heavy atom. The predicted octanol–water partition coefficient (Wildman–Crippen LogP) is 3.71. The van der Waals surface area contributed by atoms with Crippen molar-refractivity contribution in [3.63, 3.8) is 0 Å². The highest BCUT2D eigenvalue weighted by molar-refractivity contribution is 5.95. The van der Waals surface area contributed by atoms with E-state index in [0.29, 0.717) is 36.6 Å². The Hall–Kier alpha value is -3.12. The molecule has 1 N–H and O–H groups in total. The van der Waals surface area contributed by atoms with Gasteiger partial charge in [0.25, 0.3) is 5.91 Å². The topological polar surface area (TPSA) is 71.9 Å². The summed E-state index contributed by atoms with van der Waals surface area (Å²) < 4.78 is 11.1. The van der Waals surface area contributed by atoms with E-state index in [-0.39, 0.29) is 17.9 Å². The zero-order chi connectivity index (χ0) is 22.0. The molecule has 0 aliphatic carbocycles. The van der Waals surface area contributed by atoms with Crippen molar-refractivity contribution in [2.24, 2.45) is 5.92 Å². The van der Waals surface area contributed by atoms with E-state index in [2.05, 4.69) is 11.1 Å². The number of para-hydroxylation sites is 1. The number of β-amino-alcohol motifs (C(OH)–C–C–N with tert-alkyl or cyclic N) is 1. The Labute approximate surface area is 182 Å². The van der Waals surface area contributed by atoms with Crippen LogP contribution in [0.15, 0.2) is 54.7 Å². The first-order valence-corrected chi connectivity index (χ1v) is 10.6. The molecule has 1 aromatic heterocycles. The van der Waals surface area contributed by atoms with Gasteiger partial charge in [0.2, 0.25) is 0 Å². The van der Waals surface area contributed by atoms with Gasteiger partial charge in [-0.3, -0.25) is 9.78 Å². The summed E-state index contributed by atoms with van der Waals surface area (Å²) in [4.78, 5) is 19.2. The summed E-state index contributed by atoms with van der Waals surface area (Å²) in [5.41, 5.74) is 2.60. The van der Waals surface area contributed by atoms with Gasteiger partial charge in [-0.1, -0.05) is 18.2 Å². The summed E-state index contributed by atoms with van der Waals surface area (Å²) in [6, 6.07) is 15.2. The lowest BCUT2D eigenvalue weighted by Crippen LogP contribution is -2.29. The Morgan fingerprint density at radius 1 is 1.16 bits per heavy atom. The maximum atomic E-state index is 13.1. The number of methoxy groups -OCH3 is 1. The van der Waals surface area contributed by atoms with Crippen LogP contribution in [0.5, 0.6) is 11.5 Å². The molecule has 0 bridgehead atoms. The average molecular weight is 421 g/mol. The van der Waals surface area contributed by atoms with Gasteiger partial charge < -0.3 is 19.5 Å². The normalized spacial score (nSPS) is 18.5. The van der Waals surface area contributed by atoms with Gasteiger partial charge in [0.1, 0.15) is 0 Å². The van der Waals surface area contributed by atoms with Crippen LogP contribution in [0.3, 0.4) is 0 Å². The number of aliphatic hydroxyl groups is 1. The van der Waals surface area contributed by atoms with E-state index in [4.69, 9.17) is 9.47 Å².